The fourth-order valence-corrected chi connectivity index (χ4v) is 2.05. The van der Waals surface area contributed by atoms with Gasteiger partial charge in [0.05, 0.1) is 23.5 Å². The number of nitrogens with one attached hydrogen (secondary N) is 1. The Labute approximate surface area is 104 Å². The summed E-state index contributed by atoms with van der Waals surface area (Å²) in [5, 5.41) is 10.8. The number of ether oxygens (including phenoxy) is 1. The van der Waals surface area contributed by atoms with Crippen LogP contribution in [0.2, 0.25) is 0 Å². The zero-order chi connectivity index (χ0) is 13.8. The molecule has 18 heavy (non-hydrogen) atoms. The highest BCUT2D eigenvalue weighted by Gasteiger charge is 2.21. The predicted octanol–water partition coefficient (Wildman–Crippen LogP) is 0.833. The molecule has 1 aromatic carbocycles. The first-order valence-corrected chi connectivity index (χ1v) is 6.36. The molecular weight excluding hydrogens is 264 g/mol. The van der Waals surface area contributed by atoms with Crippen LogP contribution in [0.4, 0.5) is 5.69 Å². The Bertz CT molecular complexity index is 542. The molecule has 0 aromatic heterocycles. The van der Waals surface area contributed by atoms with Crippen molar-refractivity contribution < 1.29 is 22.9 Å². The number of benzene rings is 1. The summed E-state index contributed by atoms with van der Waals surface area (Å²) >= 11 is 0. The van der Waals surface area contributed by atoms with E-state index in [0.29, 0.717) is 0 Å². The molecule has 0 bridgehead atoms. The predicted molar refractivity (Wildman–Crippen MR) is 61.6 cm³/mol. The van der Waals surface area contributed by atoms with E-state index in [2.05, 4.69) is 4.84 Å². The number of hydrogen-bond donors (Lipinski definition) is 1. The Morgan fingerprint density at radius 1 is 1.44 bits per heavy atom. The third kappa shape index (κ3) is 3.15. The van der Waals surface area contributed by atoms with Gasteiger partial charge in [0.1, 0.15) is 0 Å². The quantitative estimate of drug-likeness (QED) is 0.609. The normalized spacial score (nSPS) is 11.2. The molecule has 0 radical (unpaired) electrons. The second kappa shape index (κ2) is 5.76. The monoisotopic (exact) mass is 276 g/mol. The summed E-state index contributed by atoms with van der Waals surface area (Å²) in [6.07, 6.45) is 0. The fourth-order valence-electron chi connectivity index (χ4n) is 1.16. The Hall–Kier alpha value is -1.71. The number of hydrogen-bond acceptors (Lipinski definition) is 6. The molecule has 0 saturated heterocycles. The van der Waals surface area contributed by atoms with E-state index in [1.165, 1.54) is 19.2 Å². The van der Waals surface area contributed by atoms with Crippen LogP contribution in [0.25, 0.3) is 0 Å². The number of methoxy groups -OCH3 is 1. The lowest BCUT2D eigenvalue weighted by molar-refractivity contribution is -0.386. The number of nitrogens with zero attached hydrogens (tertiary/aromatic N) is 1. The molecule has 100 valence electrons. The summed E-state index contributed by atoms with van der Waals surface area (Å²) in [5.41, 5.74) is -0.433. The van der Waals surface area contributed by atoms with Gasteiger partial charge in [0, 0.05) is 6.07 Å². The van der Waals surface area contributed by atoms with Gasteiger partial charge in [0.15, 0.2) is 5.75 Å². The van der Waals surface area contributed by atoms with Crippen LogP contribution >= 0.6 is 0 Å². The van der Waals surface area contributed by atoms with Gasteiger partial charge >= 0.3 is 5.69 Å². The number of rotatable bonds is 6. The van der Waals surface area contributed by atoms with E-state index in [-0.39, 0.29) is 17.3 Å². The average Bonchev–Trinajstić information content (AvgIpc) is 2.35. The van der Waals surface area contributed by atoms with Crippen LogP contribution in [-0.4, -0.2) is 27.1 Å². The number of nitro groups is 1. The highest BCUT2D eigenvalue weighted by Crippen LogP contribution is 2.29. The lowest BCUT2D eigenvalue weighted by atomic mass is 10.3. The minimum Gasteiger partial charge on any atom is -0.490 e. The Morgan fingerprint density at radius 2 is 2.11 bits per heavy atom. The Balaban J connectivity index is 3.20. The maximum atomic E-state index is 11.7. The van der Waals surface area contributed by atoms with Crippen molar-refractivity contribution in [2.75, 3.05) is 13.7 Å². The fraction of sp³-hybridized carbons (Fsp3) is 0.333. The Kier molecular flexibility index (Phi) is 4.59. The van der Waals surface area contributed by atoms with E-state index in [1.54, 1.807) is 6.92 Å². The topological polar surface area (TPSA) is 108 Å². The van der Waals surface area contributed by atoms with Crippen molar-refractivity contribution in [3.63, 3.8) is 0 Å². The van der Waals surface area contributed by atoms with Gasteiger partial charge in [-0.05, 0) is 19.1 Å². The molecule has 0 fully saturated rings. The third-order valence-corrected chi connectivity index (χ3v) is 3.18. The van der Waals surface area contributed by atoms with Gasteiger partial charge in [0.25, 0.3) is 10.0 Å². The smallest absolute Gasteiger partial charge is 0.312 e. The number of nitro benzene ring substituents is 1. The molecule has 1 rings (SSSR count). The van der Waals surface area contributed by atoms with E-state index in [0.717, 1.165) is 6.07 Å². The zero-order valence-electron chi connectivity index (χ0n) is 9.74. The summed E-state index contributed by atoms with van der Waals surface area (Å²) in [5.74, 6) is -0.0182. The largest absolute Gasteiger partial charge is 0.490 e. The summed E-state index contributed by atoms with van der Waals surface area (Å²) in [6.45, 7) is 1.73. The van der Waals surface area contributed by atoms with Gasteiger partial charge in [-0.1, -0.05) is 4.89 Å². The average molecular weight is 276 g/mol. The minimum absolute atomic E-state index is 0.0182. The van der Waals surface area contributed by atoms with Crippen molar-refractivity contribution in [2.24, 2.45) is 0 Å². The molecule has 0 amide bonds. The van der Waals surface area contributed by atoms with Crippen molar-refractivity contribution in [1.29, 1.82) is 0 Å². The standard InChI is InChI=1S/C9H12N2O6S/c1-3-17-10-18(14,15)7-4-5-9(16-2)8(6-7)11(12)13/h4-6,10H,3H2,1-2H3. The van der Waals surface area contributed by atoms with Crippen LogP contribution in [0.1, 0.15) is 6.92 Å². The van der Waals surface area contributed by atoms with Crippen LogP contribution in [0.5, 0.6) is 5.75 Å². The molecule has 1 N–H and O–H groups in total. The van der Waals surface area contributed by atoms with E-state index in [4.69, 9.17) is 4.74 Å². The molecule has 0 aliphatic heterocycles. The van der Waals surface area contributed by atoms with Gasteiger partial charge in [0.2, 0.25) is 0 Å². The first kappa shape index (κ1) is 14.4. The third-order valence-electron chi connectivity index (χ3n) is 1.97. The maximum absolute atomic E-state index is 11.7. The highest BCUT2D eigenvalue weighted by atomic mass is 32.2. The molecule has 0 aliphatic rings. The zero-order valence-corrected chi connectivity index (χ0v) is 10.6. The van der Waals surface area contributed by atoms with Crippen molar-refractivity contribution >= 4 is 15.7 Å². The van der Waals surface area contributed by atoms with Crippen molar-refractivity contribution in [2.45, 2.75) is 11.8 Å². The van der Waals surface area contributed by atoms with Gasteiger partial charge in [-0.15, -0.1) is 0 Å². The minimum atomic E-state index is -3.94. The van der Waals surface area contributed by atoms with Crippen LogP contribution in [-0.2, 0) is 14.9 Å². The Morgan fingerprint density at radius 3 is 2.61 bits per heavy atom. The van der Waals surface area contributed by atoms with Gasteiger partial charge in [-0.25, -0.2) is 8.42 Å². The summed E-state index contributed by atoms with van der Waals surface area (Å²) in [7, 11) is -2.68. The van der Waals surface area contributed by atoms with E-state index in [9.17, 15) is 18.5 Å². The molecule has 0 atom stereocenters. The van der Waals surface area contributed by atoms with E-state index < -0.39 is 20.6 Å². The summed E-state index contributed by atoms with van der Waals surface area (Å²) in [6, 6.07) is 3.30. The van der Waals surface area contributed by atoms with Crippen molar-refractivity contribution in [3.05, 3.63) is 28.3 Å². The molecule has 0 saturated carbocycles. The van der Waals surface area contributed by atoms with Crippen LogP contribution in [0.3, 0.4) is 0 Å². The second-order valence-electron chi connectivity index (χ2n) is 3.11. The first-order valence-electron chi connectivity index (χ1n) is 4.88. The second-order valence-corrected chi connectivity index (χ2v) is 4.76. The van der Waals surface area contributed by atoms with E-state index in [1.807, 2.05) is 4.89 Å². The summed E-state index contributed by atoms with van der Waals surface area (Å²) < 4.78 is 28.1. The van der Waals surface area contributed by atoms with E-state index >= 15 is 0 Å². The van der Waals surface area contributed by atoms with Crippen LogP contribution in [0.15, 0.2) is 23.1 Å². The number of sulfonamides is 1. The van der Waals surface area contributed by atoms with Crippen LogP contribution in [0, 0.1) is 10.1 Å². The molecule has 0 heterocycles. The van der Waals surface area contributed by atoms with Crippen LogP contribution < -0.4 is 9.62 Å². The molecule has 0 aliphatic carbocycles. The molecule has 0 spiro atoms. The lowest BCUT2D eigenvalue weighted by Gasteiger charge is -2.07. The van der Waals surface area contributed by atoms with Gasteiger partial charge in [-0.3, -0.25) is 15.0 Å². The lowest BCUT2D eigenvalue weighted by Crippen LogP contribution is -2.24. The molecule has 8 nitrogen and oxygen atoms in total. The molecule has 9 heteroatoms. The van der Waals surface area contributed by atoms with Crippen molar-refractivity contribution in [3.8, 4) is 5.75 Å². The van der Waals surface area contributed by atoms with Crippen molar-refractivity contribution in [1.82, 2.24) is 4.89 Å². The first-order chi connectivity index (χ1) is 8.42. The van der Waals surface area contributed by atoms with Gasteiger partial charge < -0.3 is 4.74 Å². The SMILES string of the molecule is CCONS(=O)(=O)c1ccc(OC)c([N+](=O)[O-])c1. The summed E-state index contributed by atoms with van der Waals surface area (Å²) in [4.78, 5) is 16.2. The maximum Gasteiger partial charge on any atom is 0.312 e. The molecule has 0 unspecified atom stereocenters. The van der Waals surface area contributed by atoms with Gasteiger partial charge in [-0.2, -0.15) is 0 Å². The molecule has 1 aromatic rings. The molecular formula is C9H12N2O6S. The highest BCUT2D eigenvalue weighted by molar-refractivity contribution is 7.89.